The van der Waals surface area contributed by atoms with E-state index in [0.717, 1.165) is 12.8 Å². The number of nitrogens with one attached hydrogen (secondary N) is 1. The van der Waals surface area contributed by atoms with Gasteiger partial charge in [0, 0.05) is 23.4 Å². The number of amides is 1. The minimum Gasteiger partial charge on any atom is -0.462 e. The molecule has 0 atom stereocenters. The van der Waals surface area contributed by atoms with Crippen molar-refractivity contribution in [2.75, 3.05) is 22.8 Å². The highest BCUT2D eigenvalue weighted by Crippen LogP contribution is 2.42. The lowest BCUT2D eigenvalue weighted by Crippen LogP contribution is -2.39. The summed E-state index contributed by atoms with van der Waals surface area (Å²) in [7, 11) is -4.15. The maximum absolute atomic E-state index is 13.7. The van der Waals surface area contributed by atoms with Gasteiger partial charge >= 0.3 is 5.97 Å². The van der Waals surface area contributed by atoms with Crippen LogP contribution >= 0.6 is 0 Å². The molecule has 1 amide bonds. The second-order valence-electron chi connectivity index (χ2n) is 8.28. The number of nitrogens with zero attached hydrogens (tertiary/aromatic N) is 1. The van der Waals surface area contributed by atoms with E-state index in [1.165, 1.54) is 4.31 Å². The molecule has 8 heteroatoms. The molecule has 7 nitrogen and oxygen atoms in total. The van der Waals surface area contributed by atoms with Gasteiger partial charge in [-0.15, -0.1) is 0 Å². The number of rotatable bonds is 8. The summed E-state index contributed by atoms with van der Waals surface area (Å²) in [5, 5.41) is 2.71. The van der Waals surface area contributed by atoms with Crippen molar-refractivity contribution in [2.24, 2.45) is 0 Å². The molecule has 4 rings (SSSR count). The third-order valence-electron chi connectivity index (χ3n) is 5.88. The number of esters is 1. The van der Waals surface area contributed by atoms with E-state index in [0.29, 0.717) is 40.2 Å². The smallest absolute Gasteiger partial charge is 0.338 e. The number of ether oxygens (including phenoxy) is 1. The first-order chi connectivity index (χ1) is 17.4. The van der Waals surface area contributed by atoms with Gasteiger partial charge in [0.2, 0.25) is 0 Å². The van der Waals surface area contributed by atoms with E-state index in [4.69, 9.17) is 4.74 Å². The van der Waals surface area contributed by atoms with Gasteiger partial charge in [0.25, 0.3) is 15.9 Å². The Morgan fingerprint density at radius 3 is 2.22 bits per heavy atom. The average molecular weight is 505 g/mol. The fourth-order valence-corrected chi connectivity index (χ4v) is 5.88. The van der Waals surface area contributed by atoms with Crippen molar-refractivity contribution in [1.29, 1.82) is 0 Å². The van der Waals surface area contributed by atoms with Crippen LogP contribution in [0.5, 0.6) is 0 Å². The topological polar surface area (TPSA) is 92.8 Å². The van der Waals surface area contributed by atoms with E-state index in [1.807, 2.05) is 25.1 Å². The lowest BCUT2D eigenvalue weighted by atomic mass is 9.95. The Hall–Kier alpha value is -3.91. The van der Waals surface area contributed by atoms with Crippen LogP contribution in [0.2, 0.25) is 0 Å². The van der Waals surface area contributed by atoms with Crippen LogP contribution < -0.4 is 9.62 Å². The van der Waals surface area contributed by atoms with E-state index in [-0.39, 0.29) is 11.4 Å². The first-order valence-electron chi connectivity index (χ1n) is 11.9. The van der Waals surface area contributed by atoms with E-state index in [2.05, 4.69) is 5.32 Å². The molecule has 0 unspecified atom stereocenters. The number of para-hydroxylation sites is 1. The van der Waals surface area contributed by atoms with E-state index in [9.17, 15) is 18.0 Å². The Morgan fingerprint density at radius 2 is 1.56 bits per heavy atom. The van der Waals surface area contributed by atoms with Gasteiger partial charge < -0.3 is 10.1 Å². The molecular formula is C28H28N2O5S. The Labute approximate surface area is 211 Å². The summed E-state index contributed by atoms with van der Waals surface area (Å²) in [6, 6.07) is 22.4. The van der Waals surface area contributed by atoms with Gasteiger partial charge in [-0.25, -0.2) is 13.2 Å². The van der Waals surface area contributed by atoms with Crippen molar-refractivity contribution < 1.29 is 22.7 Å². The average Bonchev–Trinajstić information content (AvgIpc) is 2.88. The molecular weight excluding hydrogens is 476 g/mol. The maximum Gasteiger partial charge on any atom is 0.338 e. The number of hydrogen-bond donors (Lipinski definition) is 1. The fourth-order valence-electron chi connectivity index (χ4n) is 4.13. The summed E-state index contributed by atoms with van der Waals surface area (Å²) < 4.78 is 33.9. The fraction of sp³-hybridized carbons (Fsp3) is 0.214. The van der Waals surface area contributed by atoms with E-state index in [1.54, 1.807) is 67.6 Å². The molecule has 0 saturated heterocycles. The lowest BCUT2D eigenvalue weighted by Gasteiger charge is -2.32. The number of fused-ring (bicyclic) bond motifs is 1. The maximum atomic E-state index is 13.7. The van der Waals surface area contributed by atoms with Crippen molar-refractivity contribution in [2.45, 2.75) is 26.7 Å². The summed E-state index contributed by atoms with van der Waals surface area (Å²) >= 11 is 0. The molecule has 1 N–H and O–H groups in total. The van der Waals surface area contributed by atoms with Crippen molar-refractivity contribution in [3.8, 4) is 0 Å². The minimum absolute atomic E-state index is 0.174. The standard InChI is InChI=1S/C28H28N2O5S/c1-3-5-19-35-28(32)21-15-17-22(18-16-21)29-27(31)26-25(20-11-7-6-8-12-20)23-13-9-10-14-24(23)30(4-2)36(26,33)34/h6-18H,3-5,19H2,1-2H3,(H,29,31). The summed E-state index contributed by atoms with van der Waals surface area (Å²) in [5.74, 6) is -1.19. The van der Waals surface area contributed by atoms with Crippen molar-refractivity contribution >= 4 is 38.8 Å². The molecule has 1 aliphatic heterocycles. The molecule has 0 aliphatic carbocycles. The van der Waals surface area contributed by atoms with Crippen molar-refractivity contribution in [3.63, 3.8) is 0 Å². The van der Waals surface area contributed by atoms with Crippen LogP contribution in [0.1, 0.15) is 48.2 Å². The third kappa shape index (κ3) is 4.90. The molecule has 1 aliphatic rings. The summed E-state index contributed by atoms with van der Waals surface area (Å²) in [5.41, 5.74) is 2.88. The van der Waals surface area contributed by atoms with E-state index >= 15 is 0 Å². The lowest BCUT2D eigenvalue weighted by molar-refractivity contribution is -0.112. The highest BCUT2D eigenvalue weighted by atomic mass is 32.2. The van der Waals surface area contributed by atoms with Gasteiger partial charge in [0.15, 0.2) is 4.91 Å². The molecule has 0 fully saturated rings. The molecule has 186 valence electrons. The Balaban J connectivity index is 1.74. The van der Waals surface area contributed by atoms with Crippen LogP contribution in [-0.2, 0) is 19.6 Å². The molecule has 1 heterocycles. The molecule has 3 aromatic rings. The molecule has 0 radical (unpaired) electrons. The van der Waals surface area contributed by atoms with Crippen LogP contribution in [0.4, 0.5) is 11.4 Å². The predicted octanol–water partition coefficient (Wildman–Crippen LogP) is 5.21. The predicted molar refractivity (Wildman–Crippen MR) is 141 cm³/mol. The van der Waals surface area contributed by atoms with Gasteiger partial charge in [-0.3, -0.25) is 9.10 Å². The van der Waals surface area contributed by atoms with E-state index < -0.39 is 21.9 Å². The summed E-state index contributed by atoms with van der Waals surface area (Å²) in [4.78, 5) is 25.4. The highest BCUT2D eigenvalue weighted by Gasteiger charge is 2.40. The van der Waals surface area contributed by atoms with Gasteiger partial charge in [-0.2, -0.15) is 0 Å². The Morgan fingerprint density at radius 1 is 0.889 bits per heavy atom. The molecule has 0 saturated carbocycles. The number of benzene rings is 3. The van der Waals surface area contributed by atoms with Gasteiger partial charge in [0.05, 0.1) is 17.9 Å². The Kier molecular flexibility index (Phi) is 7.55. The number of unbranched alkanes of at least 4 members (excludes halogenated alkanes) is 1. The van der Waals surface area contributed by atoms with Crippen LogP contribution in [0.15, 0.2) is 83.8 Å². The number of sulfonamides is 1. The molecule has 0 spiro atoms. The Bertz CT molecular complexity index is 1400. The van der Waals surface area contributed by atoms with Crippen molar-refractivity contribution in [1.82, 2.24) is 0 Å². The molecule has 0 bridgehead atoms. The van der Waals surface area contributed by atoms with Crippen LogP contribution in [0, 0.1) is 0 Å². The number of hydrogen-bond acceptors (Lipinski definition) is 5. The third-order valence-corrected chi connectivity index (χ3v) is 7.82. The quantitative estimate of drug-likeness (QED) is 0.336. The van der Waals surface area contributed by atoms with Crippen LogP contribution in [-0.4, -0.2) is 33.4 Å². The molecule has 0 aromatic heterocycles. The SMILES string of the molecule is CCCCOC(=O)c1ccc(NC(=O)C2=C(c3ccccc3)c3ccccc3N(CC)S2(=O)=O)cc1. The van der Waals surface area contributed by atoms with Crippen molar-refractivity contribution in [3.05, 3.63) is 100 Å². The second kappa shape index (κ2) is 10.8. The summed E-state index contributed by atoms with van der Waals surface area (Å²) in [6.45, 7) is 4.26. The zero-order valence-corrected chi connectivity index (χ0v) is 21.0. The number of carbonyl (C=O) groups excluding carboxylic acids is 2. The zero-order valence-electron chi connectivity index (χ0n) is 20.2. The number of anilines is 2. The second-order valence-corrected chi connectivity index (χ2v) is 10.1. The minimum atomic E-state index is -4.15. The number of carbonyl (C=O) groups is 2. The first kappa shape index (κ1) is 25.2. The first-order valence-corrected chi connectivity index (χ1v) is 13.3. The molecule has 36 heavy (non-hydrogen) atoms. The normalized spacial score (nSPS) is 14.2. The van der Waals surface area contributed by atoms with Gasteiger partial charge in [0.1, 0.15) is 0 Å². The van der Waals surface area contributed by atoms with Crippen LogP contribution in [0.3, 0.4) is 0 Å². The van der Waals surface area contributed by atoms with Gasteiger partial charge in [-0.05, 0) is 49.2 Å². The highest BCUT2D eigenvalue weighted by molar-refractivity contribution is 7.97. The monoisotopic (exact) mass is 504 g/mol. The summed E-state index contributed by atoms with van der Waals surface area (Å²) in [6.07, 6.45) is 1.70. The van der Waals surface area contributed by atoms with Gasteiger partial charge in [-0.1, -0.05) is 61.9 Å². The zero-order chi connectivity index (χ0) is 25.7. The van der Waals surface area contributed by atoms with Crippen LogP contribution in [0.25, 0.3) is 5.57 Å². The largest absolute Gasteiger partial charge is 0.462 e. The molecule has 3 aromatic carbocycles.